The van der Waals surface area contributed by atoms with E-state index in [1.54, 1.807) is 7.05 Å². The van der Waals surface area contributed by atoms with Crippen molar-refractivity contribution in [2.45, 2.75) is 49.1 Å². The normalized spacial score (nSPS) is 29.0. The van der Waals surface area contributed by atoms with Gasteiger partial charge in [0.15, 0.2) is 35.1 Å². The molecule has 310 valence electrons. The van der Waals surface area contributed by atoms with Gasteiger partial charge in [0, 0.05) is 14.2 Å². The highest BCUT2D eigenvalue weighted by Gasteiger charge is 2.53. The molecule has 11 atom stereocenters. The fraction of sp³-hybridized carbons (Fsp3) is 0.545. The summed E-state index contributed by atoms with van der Waals surface area (Å²) >= 11 is 0. The lowest BCUT2D eigenvalue weighted by Crippen LogP contribution is -2.38. The van der Waals surface area contributed by atoms with Crippen LogP contribution in [0.2, 0.25) is 0 Å². The third-order valence-electron chi connectivity index (χ3n) is 7.96. The number of aromatic amines is 1. The van der Waals surface area contributed by atoms with Crippen LogP contribution in [0.4, 0.5) is 11.8 Å². The van der Waals surface area contributed by atoms with E-state index < -0.39 is 99.1 Å². The summed E-state index contributed by atoms with van der Waals surface area (Å²) in [5.74, 6) is -0.00877. The highest BCUT2D eigenvalue weighted by atomic mass is 31.3. The number of phosphoric ester groups is 2. The van der Waals surface area contributed by atoms with Crippen molar-refractivity contribution in [2.24, 2.45) is 0 Å². The first-order valence-electron chi connectivity index (χ1n) is 15.3. The maximum Gasteiger partial charge on any atom is 0.490 e. The molecule has 0 bridgehead atoms. The average molecular weight is 880 g/mol. The molecular formula is C22H32N10O20P4. The summed E-state index contributed by atoms with van der Waals surface area (Å²) in [4.78, 5) is 82.8. The zero-order valence-electron chi connectivity index (χ0n) is 28.2. The Balaban J connectivity index is 1.22. The number of methoxy groups -OCH3 is 1. The summed E-state index contributed by atoms with van der Waals surface area (Å²) in [5, 5.41) is 24.3. The summed E-state index contributed by atoms with van der Waals surface area (Å²) in [5.41, 5.74) is 4.96. The lowest BCUT2D eigenvalue weighted by Gasteiger charge is -2.26. The van der Waals surface area contributed by atoms with Crippen LogP contribution in [0.3, 0.4) is 0 Å². The predicted molar refractivity (Wildman–Crippen MR) is 179 cm³/mol. The van der Waals surface area contributed by atoms with Crippen molar-refractivity contribution in [3.8, 4) is 0 Å². The molecule has 30 nitrogen and oxygen atoms in total. The Labute approximate surface area is 310 Å². The third-order valence-corrected chi connectivity index (χ3v) is 12.8. The van der Waals surface area contributed by atoms with E-state index in [2.05, 4.69) is 43.8 Å². The number of aromatic nitrogens is 8. The molecule has 4 aromatic rings. The van der Waals surface area contributed by atoms with Crippen LogP contribution in [0.25, 0.3) is 22.3 Å². The van der Waals surface area contributed by atoms with E-state index in [1.165, 1.54) is 17.2 Å². The molecule has 2 saturated heterocycles. The number of hydrogen-bond donors (Lipinski definition) is 10. The minimum Gasteiger partial charge on any atom is -0.387 e. The van der Waals surface area contributed by atoms with E-state index in [4.69, 9.17) is 43.3 Å². The van der Waals surface area contributed by atoms with Gasteiger partial charge >= 0.3 is 31.3 Å². The topological polar surface area (TPSA) is 429 Å². The molecule has 11 N–H and O–H groups in total. The van der Waals surface area contributed by atoms with Crippen molar-refractivity contribution < 1.29 is 89.3 Å². The number of aliphatic hydroxyl groups is 2. The molecule has 2 aliphatic rings. The Kier molecular flexibility index (Phi) is 12.0. The minimum atomic E-state index is -5.93. The van der Waals surface area contributed by atoms with E-state index in [1.807, 2.05) is 0 Å². The van der Waals surface area contributed by atoms with Crippen molar-refractivity contribution in [1.82, 2.24) is 39.0 Å². The summed E-state index contributed by atoms with van der Waals surface area (Å²) < 4.78 is 91.0. The molecule has 0 spiro atoms. The van der Waals surface area contributed by atoms with Crippen LogP contribution in [0.1, 0.15) is 12.5 Å². The van der Waals surface area contributed by atoms with Gasteiger partial charge in [0.2, 0.25) is 5.95 Å². The second kappa shape index (κ2) is 15.9. The molecule has 4 aromatic heterocycles. The standard InChI is InChI=1S/C22H32N10O20P4/c1-24-16-10-17(26-5-25-16)31(6-27-10)21-15(45-2)14(9(49-21)4-47-55(41,42)52-56(43,44)51-53(36,37)38)50-54(39,40)46-3-8-12(33)13(34)20(48-8)32-7-28-11-18(32)29-22(23)30-19(11)35/h5-9,12-15,20-21,33-34H,3-4H2,1-2H3,(H,39,40)(H,41,42)(H,43,44)(H,24,25,26)(H2,36,37,38)(H3,23,29,30,35)/t8-,9-,12-,13-,14-,15-,20-,21-/m1/s1. The third kappa shape index (κ3) is 9.09. The van der Waals surface area contributed by atoms with Crippen LogP contribution in [-0.4, -0.2) is 138 Å². The fourth-order valence-electron chi connectivity index (χ4n) is 5.71. The first-order valence-corrected chi connectivity index (χ1v) is 21.4. The monoisotopic (exact) mass is 880 g/mol. The van der Waals surface area contributed by atoms with Gasteiger partial charge in [-0.15, -0.1) is 0 Å². The zero-order chi connectivity index (χ0) is 41.0. The van der Waals surface area contributed by atoms with Crippen molar-refractivity contribution in [2.75, 3.05) is 38.4 Å². The van der Waals surface area contributed by atoms with Gasteiger partial charge in [-0.25, -0.2) is 38.2 Å². The number of nitrogens with zero attached hydrogens (tertiary/aromatic N) is 7. The molecule has 3 unspecified atom stereocenters. The van der Waals surface area contributed by atoms with Gasteiger partial charge < -0.3 is 59.9 Å². The van der Waals surface area contributed by atoms with Gasteiger partial charge in [-0.2, -0.15) is 13.6 Å². The Morgan fingerprint density at radius 2 is 1.45 bits per heavy atom. The summed E-state index contributed by atoms with van der Waals surface area (Å²) in [6, 6.07) is 0. The smallest absolute Gasteiger partial charge is 0.387 e. The maximum absolute atomic E-state index is 13.4. The van der Waals surface area contributed by atoms with Gasteiger partial charge in [0.25, 0.3) is 5.56 Å². The molecule has 0 amide bonds. The number of fused-ring (bicyclic) bond motifs is 2. The molecule has 6 heterocycles. The molecule has 56 heavy (non-hydrogen) atoms. The number of imidazole rings is 2. The number of rotatable bonds is 16. The van der Waals surface area contributed by atoms with Gasteiger partial charge in [0.05, 0.1) is 25.9 Å². The second-order valence-corrected chi connectivity index (χ2v) is 17.4. The predicted octanol–water partition coefficient (Wildman–Crippen LogP) is -2.04. The molecule has 0 aliphatic carbocycles. The van der Waals surface area contributed by atoms with E-state index in [0.717, 1.165) is 18.0 Å². The fourth-order valence-corrected chi connectivity index (χ4v) is 9.70. The SMILES string of the molecule is CNc1ncnc2c1ncn2[C@@H]1O[C@H](COP(=O)(O)OP(=O)(O)OP(=O)(O)O)[C@@H](OP(=O)(O)OC[C@H]2O[C@@H](n3cnc4c(=O)[nH]c(N)nc43)[C@H](O)[C@@H]2O)[C@H]1OC. The summed E-state index contributed by atoms with van der Waals surface area (Å²) in [6.45, 7) is -2.10. The van der Waals surface area contributed by atoms with Crippen molar-refractivity contribution >= 4 is 65.4 Å². The number of ether oxygens (including phenoxy) is 3. The number of hydrogen-bond acceptors (Lipinski definition) is 22. The van der Waals surface area contributed by atoms with Crippen LogP contribution >= 0.6 is 31.3 Å². The largest absolute Gasteiger partial charge is 0.490 e. The van der Waals surface area contributed by atoms with Crippen LogP contribution < -0.4 is 16.6 Å². The van der Waals surface area contributed by atoms with Crippen molar-refractivity contribution in [1.29, 1.82) is 0 Å². The summed E-state index contributed by atoms with van der Waals surface area (Å²) in [7, 11) is -20.1. The maximum atomic E-state index is 13.4. The Morgan fingerprint density at radius 3 is 2.11 bits per heavy atom. The number of nitrogens with two attached hydrogens (primary N) is 1. The molecule has 34 heteroatoms. The molecule has 2 fully saturated rings. The Hall–Kier alpha value is -3.18. The Bertz CT molecular complexity index is 2340. The van der Waals surface area contributed by atoms with Gasteiger partial charge in [-0.1, -0.05) is 0 Å². The minimum absolute atomic E-state index is 0.122. The van der Waals surface area contributed by atoms with Crippen LogP contribution in [0, 0.1) is 0 Å². The molecule has 2 aliphatic heterocycles. The van der Waals surface area contributed by atoms with Gasteiger partial charge in [-0.3, -0.25) is 32.5 Å². The number of aliphatic hydroxyl groups excluding tert-OH is 2. The first kappa shape index (κ1) is 42.4. The lowest BCUT2D eigenvalue weighted by molar-refractivity contribution is -0.0581. The van der Waals surface area contributed by atoms with E-state index in [-0.39, 0.29) is 34.1 Å². The molecule has 0 radical (unpaired) electrons. The number of phosphoric acid groups is 4. The zero-order valence-corrected chi connectivity index (χ0v) is 31.8. The van der Waals surface area contributed by atoms with Crippen LogP contribution in [0.5, 0.6) is 0 Å². The lowest BCUT2D eigenvalue weighted by atomic mass is 10.1. The van der Waals surface area contributed by atoms with Crippen molar-refractivity contribution in [3.05, 3.63) is 29.3 Å². The number of nitrogen functional groups attached to an aromatic ring is 1. The van der Waals surface area contributed by atoms with Crippen molar-refractivity contribution in [3.63, 3.8) is 0 Å². The van der Waals surface area contributed by atoms with Gasteiger partial charge in [0.1, 0.15) is 48.5 Å². The Morgan fingerprint density at radius 1 is 0.821 bits per heavy atom. The average Bonchev–Trinajstić information content (AvgIpc) is 3.85. The van der Waals surface area contributed by atoms with E-state index in [9.17, 15) is 47.9 Å². The van der Waals surface area contributed by atoms with Gasteiger partial charge in [-0.05, 0) is 0 Å². The molecule has 0 aromatic carbocycles. The number of nitrogens with one attached hydrogen (secondary N) is 2. The quantitative estimate of drug-likeness (QED) is 0.0542. The van der Waals surface area contributed by atoms with Crippen LogP contribution in [-0.2, 0) is 54.7 Å². The highest BCUT2D eigenvalue weighted by Crippen LogP contribution is 2.66. The van der Waals surface area contributed by atoms with E-state index >= 15 is 0 Å². The highest BCUT2D eigenvalue weighted by molar-refractivity contribution is 7.66. The first-order chi connectivity index (χ1) is 26.1. The molecule has 6 rings (SSSR count). The van der Waals surface area contributed by atoms with E-state index in [0.29, 0.717) is 0 Å². The summed E-state index contributed by atoms with van der Waals surface area (Å²) in [6.07, 6.45) is -9.38. The molecular weight excluding hydrogens is 848 g/mol. The molecule has 0 saturated carbocycles. The number of H-pyrrole nitrogens is 1. The van der Waals surface area contributed by atoms with Crippen LogP contribution in [0.15, 0.2) is 23.8 Å². The second-order valence-electron chi connectivity index (χ2n) is 11.6. The number of anilines is 2.